The molecule has 1 rings (SSSR count). The number of hydrogen-bond donors (Lipinski definition) is 0. The molecule has 0 radical (unpaired) electrons. The summed E-state index contributed by atoms with van der Waals surface area (Å²) in [7, 11) is 0. The zero-order valence-corrected chi connectivity index (χ0v) is 11.1. The van der Waals surface area contributed by atoms with Crippen LogP contribution in [0.1, 0.15) is 46.4 Å². The molecule has 0 spiro atoms. The smallest absolute Gasteiger partial charge is 0.319 e. The molecule has 5 heteroatoms. The number of hydrogen-bond acceptors (Lipinski definition) is 4. The van der Waals surface area contributed by atoms with Gasteiger partial charge in [0.1, 0.15) is 17.6 Å². The summed E-state index contributed by atoms with van der Waals surface area (Å²) < 4.78 is 6.96. The molecule has 96 valence electrons. The lowest BCUT2D eigenvalue weighted by molar-refractivity contribution is -0.151. The van der Waals surface area contributed by atoms with E-state index in [1.807, 2.05) is 27.7 Å². The third-order valence-electron chi connectivity index (χ3n) is 3.22. The highest BCUT2D eigenvalue weighted by molar-refractivity contribution is 5.82. The van der Waals surface area contributed by atoms with E-state index in [2.05, 4.69) is 10.1 Å². The van der Waals surface area contributed by atoms with Crippen molar-refractivity contribution in [3.05, 3.63) is 12.2 Å². The van der Waals surface area contributed by atoms with E-state index in [-0.39, 0.29) is 5.97 Å². The van der Waals surface area contributed by atoms with Crippen molar-refractivity contribution in [1.29, 1.82) is 0 Å². The van der Waals surface area contributed by atoms with Crippen LogP contribution < -0.4 is 0 Å². The summed E-state index contributed by atoms with van der Waals surface area (Å²) >= 11 is 0. The highest BCUT2D eigenvalue weighted by Gasteiger charge is 2.42. The maximum Gasteiger partial charge on any atom is 0.319 e. The number of nitrogens with zero attached hydrogens (tertiary/aromatic N) is 3. The predicted octanol–water partition coefficient (Wildman–Crippen LogP) is 1.92. The van der Waals surface area contributed by atoms with Crippen molar-refractivity contribution in [3.8, 4) is 0 Å². The van der Waals surface area contributed by atoms with Crippen LogP contribution in [0.5, 0.6) is 0 Å². The van der Waals surface area contributed by atoms with Crippen molar-refractivity contribution in [2.45, 2.75) is 52.5 Å². The highest BCUT2D eigenvalue weighted by atomic mass is 16.5. The molecule has 0 N–H and O–H groups in total. The van der Waals surface area contributed by atoms with Crippen LogP contribution in [0.4, 0.5) is 0 Å². The molecular formula is C12H21N3O2. The van der Waals surface area contributed by atoms with Gasteiger partial charge in [-0.1, -0.05) is 13.8 Å². The Kier molecular flexibility index (Phi) is 4.66. The lowest BCUT2D eigenvalue weighted by Crippen LogP contribution is -2.39. The van der Waals surface area contributed by atoms with Crippen LogP contribution in [0.15, 0.2) is 6.33 Å². The second kappa shape index (κ2) is 5.80. The van der Waals surface area contributed by atoms with E-state index >= 15 is 0 Å². The van der Waals surface area contributed by atoms with Gasteiger partial charge in [0.05, 0.1) is 6.61 Å². The van der Waals surface area contributed by atoms with E-state index in [0.717, 1.165) is 0 Å². The normalized spacial score (nSPS) is 11.5. The minimum absolute atomic E-state index is 0.201. The van der Waals surface area contributed by atoms with Gasteiger partial charge in [0, 0.05) is 6.54 Å². The molecule has 0 aliphatic carbocycles. The Balaban J connectivity index is 3.19. The molecule has 0 aliphatic rings. The average molecular weight is 239 g/mol. The Labute approximate surface area is 102 Å². The third-order valence-corrected chi connectivity index (χ3v) is 3.22. The van der Waals surface area contributed by atoms with Gasteiger partial charge in [-0.2, -0.15) is 5.10 Å². The SMILES string of the molecule is CCOC(=O)C(CC)(CC)c1ncnn1CC. The number of aromatic nitrogens is 3. The monoisotopic (exact) mass is 239 g/mol. The van der Waals surface area contributed by atoms with Gasteiger partial charge < -0.3 is 4.74 Å². The quantitative estimate of drug-likeness (QED) is 0.712. The Morgan fingerprint density at radius 3 is 2.47 bits per heavy atom. The zero-order valence-electron chi connectivity index (χ0n) is 11.1. The van der Waals surface area contributed by atoms with Gasteiger partial charge in [-0.3, -0.25) is 4.79 Å². The van der Waals surface area contributed by atoms with E-state index in [9.17, 15) is 4.79 Å². The first-order valence-corrected chi connectivity index (χ1v) is 6.21. The zero-order chi connectivity index (χ0) is 12.9. The summed E-state index contributed by atoms with van der Waals surface area (Å²) in [4.78, 5) is 16.4. The summed E-state index contributed by atoms with van der Waals surface area (Å²) in [6.07, 6.45) is 2.83. The second-order valence-corrected chi connectivity index (χ2v) is 3.91. The van der Waals surface area contributed by atoms with Crippen LogP contribution in [0.2, 0.25) is 0 Å². The standard InChI is InChI=1S/C12H21N3O2/c1-5-12(6-2,11(16)17-8-4)10-13-9-14-15(10)7-3/h9H,5-8H2,1-4H3. The fourth-order valence-corrected chi connectivity index (χ4v) is 2.08. The van der Waals surface area contributed by atoms with E-state index in [1.54, 1.807) is 4.68 Å². The van der Waals surface area contributed by atoms with Gasteiger partial charge in [-0.15, -0.1) is 0 Å². The van der Waals surface area contributed by atoms with Crippen molar-refractivity contribution in [1.82, 2.24) is 14.8 Å². The molecule has 0 saturated heterocycles. The minimum atomic E-state index is -0.664. The van der Waals surface area contributed by atoms with Crippen LogP contribution in [0, 0.1) is 0 Å². The van der Waals surface area contributed by atoms with E-state index in [0.29, 0.717) is 31.8 Å². The number of esters is 1. The van der Waals surface area contributed by atoms with Crippen molar-refractivity contribution in [2.75, 3.05) is 6.61 Å². The van der Waals surface area contributed by atoms with Crippen molar-refractivity contribution < 1.29 is 9.53 Å². The molecule has 5 nitrogen and oxygen atoms in total. The van der Waals surface area contributed by atoms with Crippen molar-refractivity contribution in [3.63, 3.8) is 0 Å². The Hall–Kier alpha value is -1.39. The summed E-state index contributed by atoms with van der Waals surface area (Å²) in [5.74, 6) is 0.510. The summed E-state index contributed by atoms with van der Waals surface area (Å²) in [5, 5.41) is 4.14. The fourth-order valence-electron chi connectivity index (χ4n) is 2.08. The van der Waals surface area contributed by atoms with Gasteiger partial charge in [0.25, 0.3) is 0 Å². The van der Waals surface area contributed by atoms with Gasteiger partial charge in [-0.05, 0) is 26.7 Å². The van der Waals surface area contributed by atoms with Crippen LogP contribution in [-0.4, -0.2) is 27.3 Å². The summed E-state index contributed by atoms with van der Waals surface area (Å²) in [5.41, 5.74) is -0.664. The molecule has 1 aromatic heterocycles. The first-order chi connectivity index (χ1) is 8.16. The molecular weight excluding hydrogens is 218 g/mol. The van der Waals surface area contributed by atoms with E-state index < -0.39 is 5.41 Å². The molecule has 0 fully saturated rings. The minimum Gasteiger partial charge on any atom is -0.465 e. The number of rotatable bonds is 6. The van der Waals surface area contributed by atoms with E-state index in [1.165, 1.54) is 6.33 Å². The number of ether oxygens (including phenoxy) is 1. The Morgan fingerprint density at radius 1 is 1.35 bits per heavy atom. The Bertz CT molecular complexity index is 370. The van der Waals surface area contributed by atoms with Crippen molar-refractivity contribution in [2.24, 2.45) is 0 Å². The molecule has 17 heavy (non-hydrogen) atoms. The number of aryl methyl sites for hydroxylation is 1. The van der Waals surface area contributed by atoms with Crippen LogP contribution in [0.25, 0.3) is 0 Å². The summed E-state index contributed by atoms with van der Waals surface area (Å²) in [6, 6.07) is 0. The maximum absolute atomic E-state index is 12.2. The largest absolute Gasteiger partial charge is 0.465 e. The van der Waals surface area contributed by atoms with Crippen LogP contribution in [-0.2, 0) is 21.5 Å². The molecule has 0 atom stereocenters. The topological polar surface area (TPSA) is 57.0 Å². The molecule has 1 heterocycles. The van der Waals surface area contributed by atoms with Crippen LogP contribution in [0.3, 0.4) is 0 Å². The maximum atomic E-state index is 12.2. The number of carbonyl (C=O) groups excluding carboxylic acids is 1. The third kappa shape index (κ3) is 2.33. The van der Waals surface area contributed by atoms with Gasteiger partial charge in [0.2, 0.25) is 0 Å². The molecule has 0 bridgehead atoms. The average Bonchev–Trinajstić information content (AvgIpc) is 2.81. The summed E-state index contributed by atoms with van der Waals surface area (Å²) in [6.45, 7) is 8.86. The molecule has 0 amide bonds. The Morgan fingerprint density at radius 2 is 2.00 bits per heavy atom. The predicted molar refractivity (Wildman–Crippen MR) is 64.6 cm³/mol. The van der Waals surface area contributed by atoms with E-state index in [4.69, 9.17) is 4.74 Å². The van der Waals surface area contributed by atoms with Gasteiger partial charge >= 0.3 is 5.97 Å². The second-order valence-electron chi connectivity index (χ2n) is 3.91. The lowest BCUT2D eigenvalue weighted by Gasteiger charge is -2.28. The molecule has 0 aromatic carbocycles. The highest BCUT2D eigenvalue weighted by Crippen LogP contribution is 2.31. The first-order valence-electron chi connectivity index (χ1n) is 6.21. The molecule has 0 unspecified atom stereocenters. The molecule has 1 aromatic rings. The first kappa shape index (κ1) is 13.7. The molecule has 0 aliphatic heterocycles. The van der Waals surface area contributed by atoms with Crippen LogP contribution >= 0.6 is 0 Å². The fraction of sp³-hybridized carbons (Fsp3) is 0.750. The molecule has 0 saturated carbocycles. The van der Waals surface area contributed by atoms with Gasteiger partial charge in [0.15, 0.2) is 0 Å². The lowest BCUT2D eigenvalue weighted by atomic mass is 9.81. The number of carbonyl (C=O) groups is 1. The van der Waals surface area contributed by atoms with Gasteiger partial charge in [-0.25, -0.2) is 9.67 Å². The van der Waals surface area contributed by atoms with Crippen molar-refractivity contribution >= 4 is 5.97 Å².